The van der Waals surface area contributed by atoms with Gasteiger partial charge >= 0.3 is 0 Å². The molecule has 2 aliphatic rings. The number of nitrogens with two attached hydrogens (primary N) is 1. The second kappa shape index (κ2) is 3.22. The van der Waals surface area contributed by atoms with E-state index in [0.29, 0.717) is 11.8 Å². The summed E-state index contributed by atoms with van der Waals surface area (Å²) in [5.41, 5.74) is 5.83. The molecule has 1 aliphatic carbocycles. The van der Waals surface area contributed by atoms with Crippen molar-refractivity contribution >= 4 is 9.24 Å². The molecule has 1 saturated heterocycles. The highest BCUT2D eigenvalue weighted by molar-refractivity contribution is 7.17. The van der Waals surface area contributed by atoms with Gasteiger partial charge in [-0.15, -0.1) is 9.24 Å². The molecule has 0 spiro atoms. The number of aliphatic hydroxyl groups excluding tert-OH is 1. The molecule has 70 valence electrons. The van der Waals surface area contributed by atoms with Crippen molar-refractivity contribution in [1.29, 1.82) is 0 Å². The largest absolute Gasteiger partial charge is 0.367 e. The molecular weight excluding hydrogens is 173 g/mol. The topological polar surface area (TPSA) is 55.5 Å². The van der Waals surface area contributed by atoms with Crippen LogP contribution < -0.4 is 5.73 Å². The Morgan fingerprint density at radius 2 is 2.08 bits per heavy atom. The fraction of sp³-hybridized carbons (Fsp3) is 1.00. The minimum Gasteiger partial charge on any atom is -0.367 e. The second-order valence-corrected chi connectivity index (χ2v) is 4.49. The number of hydrogen-bond acceptors (Lipinski definition) is 3. The fourth-order valence-electron chi connectivity index (χ4n) is 2.16. The number of rotatable bonds is 1. The maximum Gasteiger partial charge on any atom is 0.170 e. The third kappa shape index (κ3) is 1.29. The van der Waals surface area contributed by atoms with E-state index in [4.69, 9.17) is 10.5 Å². The summed E-state index contributed by atoms with van der Waals surface area (Å²) in [5.74, 6) is 1.08. The quantitative estimate of drug-likeness (QED) is 0.582. The van der Waals surface area contributed by atoms with E-state index in [1.807, 2.05) is 0 Å². The molecule has 1 heterocycles. The van der Waals surface area contributed by atoms with Gasteiger partial charge in [-0.05, 0) is 5.92 Å². The van der Waals surface area contributed by atoms with Crippen LogP contribution in [0, 0.1) is 11.8 Å². The summed E-state index contributed by atoms with van der Waals surface area (Å²) in [6, 6.07) is -0.183. The Labute approximate surface area is 74.9 Å². The van der Waals surface area contributed by atoms with Gasteiger partial charge < -0.3 is 15.6 Å². The Morgan fingerprint density at radius 1 is 1.42 bits per heavy atom. The molecule has 1 unspecified atom stereocenters. The summed E-state index contributed by atoms with van der Waals surface area (Å²) in [5, 5.41) is 9.35. The summed E-state index contributed by atoms with van der Waals surface area (Å²) < 4.78 is 5.24. The summed E-state index contributed by atoms with van der Waals surface area (Å²) in [6.45, 7) is 0. The fourth-order valence-corrected chi connectivity index (χ4v) is 2.89. The van der Waals surface area contributed by atoms with Crippen LogP contribution in [-0.2, 0) is 4.74 Å². The van der Waals surface area contributed by atoms with Crippen LogP contribution in [0.25, 0.3) is 0 Å². The summed E-state index contributed by atoms with van der Waals surface area (Å²) in [6.07, 6.45) is 3.05. The average molecular weight is 189 g/mol. The molecule has 4 heteroatoms. The molecule has 1 saturated carbocycles. The Morgan fingerprint density at radius 3 is 2.42 bits per heavy atom. The van der Waals surface area contributed by atoms with Crippen molar-refractivity contribution in [2.75, 3.05) is 0 Å². The van der Waals surface area contributed by atoms with E-state index < -0.39 is 6.29 Å². The zero-order chi connectivity index (χ0) is 8.72. The molecule has 1 aliphatic heterocycles. The highest BCUT2D eigenvalue weighted by Gasteiger charge is 2.45. The van der Waals surface area contributed by atoms with E-state index in [9.17, 15) is 5.11 Å². The summed E-state index contributed by atoms with van der Waals surface area (Å²) in [7, 11) is 2.63. The van der Waals surface area contributed by atoms with Gasteiger partial charge in [-0.2, -0.15) is 0 Å². The Balaban J connectivity index is 2.02. The molecule has 0 amide bonds. The molecule has 0 aromatic rings. The monoisotopic (exact) mass is 189 g/mol. The number of ether oxygens (including phenoxy) is 1. The van der Waals surface area contributed by atoms with Gasteiger partial charge in [0.2, 0.25) is 0 Å². The Hall–Kier alpha value is 0.310. The van der Waals surface area contributed by atoms with Gasteiger partial charge in [0, 0.05) is 5.92 Å². The zero-order valence-corrected chi connectivity index (χ0v) is 8.17. The lowest BCUT2D eigenvalue weighted by Gasteiger charge is -2.34. The van der Waals surface area contributed by atoms with Crippen molar-refractivity contribution in [3.63, 3.8) is 0 Å². The Kier molecular flexibility index (Phi) is 2.39. The normalized spacial score (nSPS) is 49.2. The van der Waals surface area contributed by atoms with Crippen molar-refractivity contribution in [2.24, 2.45) is 17.6 Å². The lowest BCUT2D eigenvalue weighted by atomic mass is 9.74. The maximum atomic E-state index is 9.35. The van der Waals surface area contributed by atoms with Gasteiger partial charge in [0.1, 0.15) is 0 Å². The van der Waals surface area contributed by atoms with Gasteiger partial charge in [-0.3, -0.25) is 0 Å². The Bertz CT molecular complexity index is 172. The van der Waals surface area contributed by atoms with Crippen molar-refractivity contribution < 1.29 is 9.84 Å². The SMILES string of the molecule is N[C@@H]1[C@H](C2CCC2)[C@@H](P)O[C@H]1O. The molecule has 0 aromatic carbocycles. The van der Waals surface area contributed by atoms with Gasteiger partial charge in [-0.1, -0.05) is 19.3 Å². The van der Waals surface area contributed by atoms with E-state index in [1.165, 1.54) is 19.3 Å². The molecule has 2 fully saturated rings. The van der Waals surface area contributed by atoms with Crippen LogP contribution in [0.1, 0.15) is 19.3 Å². The first-order valence-electron chi connectivity index (χ1n) is 4.55. The predicted molar refractivity (Wildman–Crippen MR) is 49.4 cm³/mol. The van der Waals surface area contributed by atoms with Crippen molar-refractivity contribution in [3.8, 4) is 0 Å². The molecule has 0 radical (unpaired) electrons. The first-order chi connectivity index (χ1) is 5.70. The number of aliphatic hydroxyl groups is 1. The number of hydrogen-bond donors (Lipinski definition) is 2. The molecule has 2 rings (SSSR count). The second-order valence-electron chi connectivity index (χ2n) is 3.84. The third-order valence-corrected chi connectivity index (χ3v) is 3.75. The molecule has 3 N–H and O–H groups in total. The van der Waals surface area contributed by atoms with E-state index in [-0.39, 0.29) is 11.9 Å². The highest BCUT2D eigenvalue weighted by atomic mass is 31.0. The minimum atomic E-state index is -0.752. The van der Waals surface area contributed by atoms with Gasteiger partial charge in [0.05, 0.1) is 11.9 Å². The van der Waals surface area contributed by atoms with E-state index in [1.54, 1.807) is 0 Å². The molecule has 0 bridgehead atoms. The minimum absolute atomic E-state index is 0.0558. The molecule has 12 heavy (non-hydrogen) atoms. The first kappa shape index (κ1) is 8.89. The average Bonchev–Trinajstić information content (AvgIpc) is 2.13. The van der Waals surface area contributed by atoms with Gasteiger partial charge in [0.25, 0.3) is 0 Å². The standard InChI is InChI=1S/C8H16NO2P/c9-6-5(4-2-1-3-4)8(12)11-7(6)10/h4-8,10H,1-3,9,12H2/t5-,6+,7+,8+/m0/s1. The van der Waals surface area contributed by atoms with Crippen molar-refractivity contribution in [1.82, 2.24) is 0 Å². The predicted octanol–water partition coefficient (Wildman–Crippen LogP) is 0.280. The summed E-state index contributed by atoms with van der Waals surface area (Å²) >= 11 is 0. The zero-order valence-electron chi connectivity index (χ0n) is 7.02. The lowest BCUT2D eigenvalue weighted by molar-refractivity contribution is -0.0754. The third-order valence-electron chi connectivity index (χ3n) is 3.14. The highest BCUT2D eigenvalue weighted by Crippen LogP contribution is 2.43. The summed E-state index contributed by atoms with van der Waals surface area (Å²) in [4.78, 5) is 0. The van der Waals surface area contributed by atoms with Crippen LogP contribution in [0.5, 0.6) is 0 Å². The van der Waals surface area contributed by atoms with Gasteiger partial charge in [0.15, 0.2) is 6.29 Å². The molecular formula is C8H16NO2P. The van der Waals surface area contributed by atoms with Crippen LogP contribution >= 0.6 is 9.24 Å². The van der Waals surface area contributed by atoms with Crippen LogP contribution in [0.15, 0.2) is 0 Å². The van der Waals surface area contributed by atoms with Crippen LogP contribution in [0.3, 0.4) is 0 Å². The smallest absolute Gasteiger partial charge is 0.170 e. The van der Waals surface area contributed by atoms with E-state index in [2.05, 4.69) is 9.24 Å². The lowest BCUT2D eigenvalue weighted by Crippen LogP contribution is -2.41. The maximum absolute atomic E-state index is 9.35. The van der Waals surface area contributed by atoms with Crippen LogP contribution in [0.2, 0.25) is 0 Å². The van der Waals surface area contributed by atoms with Gasteiger partial charge in [-0.25, -0.2) is 0 Å². The van der Waals surface area contributed by atoms with E-state index in [0.717, 1.165) is 0 Å². The molecule has 3 nitrogen and oxygen atoms in total. The van der Waals surface area contributed by atoms with Crippen molar-refractivity contribution in [2.45, 2.75) is 37.4 Å². The van der Waals surface area contributed by atoms with Crippen LogP contribution in [-0.4, -0.2) is 23.3 Å². The van der Waals surface area contributed by atoms with E-state index >= 15 is 0 Å². The molecule has 5 atom stereocenters. The first-order valence-corrected chi connectivity index (χ1v) is 5.21. The van der Waals surface area contributed by atoms with Crippen LogP contribution in [0.4, 0.5) is 0 Å². The van der Waals surface area contributed by atoms with Crippen molar-refractivity contribution in [3.05, 3.63) is 0 Å². The molecule has 0 aromatic heterocycles.